The Labute approximate surface area is 132 Å². The van der Waals surface area contributed by atoms with E-state index in [1.807, 2.05) is 29.2 Å². The van der Waals surface area contributed by atoms with Crippen LogP contribution in [0.25, 0.3) is 0 Å². The summed E-state index contributed by atoms with van der Waals surface area (Å²) in [5, 5.41) is 0. The molecule has 1 amide bonds. The number of nitrogens with zero attached hydrogens (tertiary/aromatic N) is 2. The van der Waals surface area contributed by atoms with Gasteiger partial charge in [0.1, 0.15) is 0 Å². The van der Waals surface area contributed by atoms with Crippen LogP contribution in [0.2, 0.25) is 0 Å². The molecular weight excluding hydrogens is 278 g/mol. The van der Waals surface area contributed by atoms with Gasteiger partial charge in [-0.2, -0.15) is 0 Å². The maximum Gasteiger partial charge on any atom is 0.254 e. The van der Waals surface area contributed by atoms with E-state index in [9.17, 15) is 4.79 Å². The van der Waals surface area contributed by atoms with Crippen molar-refractivity contribution in [3.05, 3.63) is 35.4 Å². The minimum Gasteiger partial charge on any atom is -0.379 e. The molecule has 120 valence electrons. The van der Waals surface area contributed by atoms with Gasteiger partial charge in [-0.25, -0.2) is 0 Å². The average molecular weight is 303 g/mol. The number of carbonyl (C=O) groups is 1. The zero-order chi connectivity index (χ0) is 15.5. The standard InChI is InChI=1S/C17H25N3O2/c1-19-8-14-9-20(16(10-19)12-22-11-14)17(21)15-4-2-13(3-5-15)6-7-18/h2-5,14,16H,6-12,18H2,1H3/t14-,16-/m0/s1. The summed E-state index contributed by atoms with van der Waals surface area (Å²) in [6, 6.07) is 8.01. The number of amides is 1. The second kappa shape index (κ2) is 6.77. The number of hydrogen-bond donors (Lipinski definition) is 1. The first-order chi connectivity index (χ1) is 10.7. The van der Waals surface area contributed by atoms with Crippen LogP contribution in [-0.2, 0) is 11.2 Å². The molecule has 0 spiro atoms. The SMILES string of the molecule is CN1C[C@@H]2COC[C@H](C1)N(C(=O)c1ccc(CCN)cc1)C2. The maximum atomic E-state index is 12.9. The molecule has 2 atom stereocenters. The van der Waals surface area contributed by atoms with Gasteiger partial charge in [0.2, 0.25) is 0 Å². The molecule has 0 saturated carbocycles. The summed E-state index contributed by atoms with van der Waals surface area (Å²) in [6.45, 7) is 4.69. The third-order valence-electron chi connectivity index (χ3n) is 4.55. The number of carbonyl (C=O) groups excluding carboxylic acids is 1. The molecule has 1 aromatic carbocycles. The van der Waals surface area contributed by atoms with Crippen molar-refractivity contribution in [3.63, 3.8) is 0 Å². The fourth-order valence-corrected chi connectivity index (χ4v) is 3.47. The Balaban J connectivity index is 1.78. The molecule has 0 aromatic heterocycles. The van der Waals surface area contributed by atoms with Crippen molar-refractivity contribution in [1.29, 1.82) is 0 Å². The first kappa shape index (κ1) is 15.5. The molecule has 3 rings (SSSR count). The molecule has 22 heavy (non-hydrogen) atoms. The van der Waals surface area contributed by atoms with E-state index < -0.39 is 0 Å². The Morgan fingerprint density at radius 2 is 2.00 bits per heavy atom. The van der Waals surface area contributed by atoms with Gasteiger partial charge in [0, 0.05) is 31.1 Å². The third-order valence-corrected chi connectivity index (χ3v) is 4.55. The highest BCUT2D eigenvalue weighted by molar-refractivity contribution is 5.94. The van der Waals surface area contributed by atoms with Crippen molar-refractivity contribution in [1.82, 2.24) is 9.80 Å². The van der Waals surface area contributed by atoms with Gasteiger partial charge in [0.05, 0.1) is 19.3 Å². The van der Waals surface area contributed by atoms with Crippen molar-refractivity contribution < 1.29 is 9.53 Å². The largest absolute Gasteiger partial charge is 0.379 e. The van der Waals surface area contributed by atoms with Crippen LogP contribution < -0.4 is 5.73 Å². The van der Waals surface area contributed by atoms with E-state index in [1.54, 1.807) is 0 Å². The fourth-order valence-electron chi connectivity index (χ4n) is 3.47. The lowest BCUT2D eigenvalue weighted by Gasteiger charge is -2.29. The molecule has 2 saturated heterocycles. The Morgan fingerprint density at radius 3 is 2.73 bits per heavy atom. The Bertz CT molecular complexity index is 517. The molecule has 2 fully saturated rings. The number of benzene rings is 1. The first-order valence-corrected chi connectivity index (χ1v) is 8.03. The number of rotatable bonds is 3. The lowest BCUT2D eigenvalue weighted by Crippen LogP contribution is -2.45. The lowest BCUT2D eigenvalue weighted by molar-refractivity contribution is 0.0483. The quantitative estimate of drug-likeness (QED) is 0.888. The van der Waals surface area contributed by atoms with Crippen LogP contribution in [0.5, 0.6) is 0 Å². The van der Waals surface area contributed by atoms with E-state index in [0.29, 0.717) is 19.1 Å². The van der Waals surface area contributed by atoms with Crippen LogP contribution in [-0.4, -0.2) is 68.2 Å². The summed E-state index contributed by atoms with van der Waals surface area (Å²) in [5.74, 6) is 0.521. The predicted molar refractivity (Wildman–Crippen MR) is 85.8 cm³/mol. The number of fused-ring (bicyclic) bond motifs is 3. The van der Waals surface area contributed by atoms with E-state index >= 15 is 0 Å². The number of ether oxygens (including phenoxy) is 1. The summed E-state index contributed by atoms with van der Waals surface area (Å²) in [6.07, 6.45) is 0.849. The van der Waals surface area contributed by atoms with Gasteiger partial charge in [-0.3, -0.25) is 4.79 Å². The molecule has 0 aliphatic carbocycles. The highest BCUT2D eigenvalue weighted by Gasteiger charge is 2.34. The molecule has 2 aliphatic rings. The molecule has 1 aromatic rings. The van der Waals surface area contributed by atoms with Gasteiger partial charge in [-0.05, 0) is 37.7 Å². The van der Waals surface area contributed by atoms with E-state index in [2.05, 4.69) is 11.9 Å². The second-order valence-corrected chi connectivity index (χ2v) is 6.47. The topological polar surface area (TPSA) is 58.8 Å². The van der Waals surface area contributed by atoms with Crippen molar-refractivity contribution in [2.75, 3.05) is 46.4 Å². The summed E-state index contributed by atoms with van der Waals surface area (Å²) in [4.78, 5) is 17.2. The van der Waals surface area contributed by atoms with Gasteiger partial charge in [0.25, 0.3) is 5.91 Å². The van der Waals surface area contributed by atoms with Crippen molar-refractivity contribution in [3.8, 4) is 0 Å². The Kier molecular flexibility index (Phi) is 4.76. The summed E-state index contributed by atoms with van der Waals surface area (Å²) < 4.78 is 5.74. The second-order valence-electron chi connectivity index (χ2n) is 6.47. The number of hydrogen-bond acceptors (Lipinski definition) is 4. The van der Waals surface area contributed by atoms with Gasteiger partial charge in [0.15, 0.2) is 0 Å². The minimum atomic E-state index is 0.120. The normalized spacial score (nSPS) is 25.8. The molecule has 2 bridgehead atoms. The Morgan fingerprint density at radius 1 is 1.23 bits per heavy atom. The number of likely N-dealkylation sites (N-methyl/N-ethyl adjacent to an activating group) is 1. The molecule has 2 aliphatic heterocycles. The summed E-state index contributed by atoms with van der Waals surface area (Å²) in [7, 11) is 2.13. The molecule has 2 N–H and O–H groups in total. The number of nitrogens with two attached hydrogens (primary N) is 1. The first-order valence-electron chi connectivity index (χ1n) is 8.03. The van der Waals surface area contributed by atoms with Crippen LogP contribution >= 0.6 is 0 Å². The van der Waals surface area contributed by atoms with Crippen LogP contribution in [0.4, 0.5) is 0 Å². The fraction of sp³-hybridized carbons (Fsp3) is 0.588. The van der Waals surface area contributed by atoms with Crippen LogP contribution in [0.3, 0.4) is 0 Å². The summed E-state index contributed by atoms with van der Waals surface area (Å²) in [5.41, 5.74) is 7.51. The molecular formula is C17H25N3O2. The van der Waals surface area contributed by atoms with E-state index in [0.717, 1.165) is 38.2 Å². The molecule has 0 unspecified atom stereocenters. The third kappa shape index (κ3) is 3.32. The Hall–Kier alpha value is -1.43. The van der Waals surface area contributed by atoms with Crippen molar-refractivity contribution >= 4 is 5.91 Å². The molecule has 5 nitrogen and oxygen atoms in total. The zero-order valence-corrected chi connectivity index (χ0v) is 13.2. The van der Waals surface area contributed by atoms with Gasteiger partial charge in [-0.15, -0.1) is 0 Å². The van der Waals surface area contributed by atoms with Crippen LogP contribution in [0, 0.1) is 5.92 Å². The highest BCUT2D eigenvalue weighted by atomic mass is 16.5. The molecule has 5 heteroatoms. The van der Waals surface area contributed by atoms with Crippen molar-refractivity contribution in [2.45, 2.75) is 12.5 Å². The summed E-state index contributed by atoms with van der Waals surface area (Å²) >= 11 is 0. The highest BCUT2D eigenvalue weighted by Crippen LogP contribution is 2.21. The average Bonchev–Trinajstić information content (AvgIpc) is 2.78. The smallest absolute Gasteiger partial charge is 0.254 e. The monoisotopic (exact) mass is 303 g/mol. The zero-order valence-electron chi connectivity index (χ0n) is 13.2. The van der Waals surface area contributed by atoms with Crippen LogP contribution in [0.1, 0.15) is 15.9 Å². The van der Waals surface area contributed by atoms with E-state index in [1.165, 1.54) is 5.56 Å². The van der Waals surface area contributed by atoms with Gasteiger partial charge >= 0.3 is 0 Å². The van der Waals surface area contributed by atoms with E-state index in [4.69, 9.17) is 10.5 Å². The lowest BCUT2D eigenvalue weighted by atomic mass is 10.1. The van der Waals surface area contributed by atoms with E-state index in [-0.39, 0.29) is 11.9 Å². The molecule has 2 heterocycles. The predicted octanol–water partition coefficient (Wildman–Crippen LogP) is 0.590. The van der Waals surface area contributed by atoms with Gasteiger partial charge < -0.3 is 20.3 Å². The maximum absolute atomic E-state index is 12.9. The minimum absolute atomic E-state index is 0.120. The molecule has 0 radical (unpaired) electrons. The van der Waals surface area contributed by atoms with Gasteiger partial charge in [-0.1, -0.05) is 12.1 Å². The van der Waals surface area contributed by atoms with Crippen molar-refractivity contribution in [2.24, 2.45) is 11.7 Å². The van der Waals surface area contributed by atoms with Crippen LogP contribution in [0.15, 0.2) is 24.3 Å².